The summed E-state index contributed by atoms with van der Waals surface area (Å²) in [5, 5.41) is 0. The minimum atomic E-state index is 0.514. The van der Waals surface area contributed by atoms with Crippen molar-refractivity contribution in [1.29, 1.82) is 0 Å². The quantitative estimate of drug-likeness (QED) is 0.376. The van der Waals surface area contributed by atoms with E-state index in [2.05, 4.69) is 18.4 Å². The van der Waals surface area contributed by atoms with E-state index in [9.17, 15) is 4.79 Å². The van der Waals surface area contributed by atoms with Crippen molar-refractivity contribution in [2.24, 2.45) is 11.8 Å². The predicted octanol–water partition coefficient (Wildman–Crippen LogP) is 2.89. The second-order valence-electron chi connectivity index (χ2n) is 4.86. The van der Waals surface area contributed by atoms with Gasteiger partial charge in [-0.25, -0.2) is 0 Å². The summed E-state index contributed by atoms with van der Waals surface area (Å²) in [5.41, 5.74) is 0. The van der Waals surface area contributed by atoms with Gasteiger partial charge in [-0.1, -0.05) is 25.8 Å². The summed E-state index contributed by atoms with van der Waals surface area (Å²) in [5.74, 6) is 1.05. The molecule has 16 heavy (non-hydrogen) atoms. The second kappa shape index (κ2) is 7.61. The van der Waals surface area contributed by atoms with E-state index < -0.39 is 0 Å². The Balaban J connectivity index is 2.33. The van der Waals surface area contributed by atoms with Gasteiger partial charge in [0.25, 0.3) is 0 Å². The molecule has 92 valence electrons. The Morgan fingerprint density at radius 3 is 2.88 bits per heavy atom. The standard InChI is InChI=1S/C14H25NO/c1-3-5-6-9-15-10-7-14(8-11-16)13(4-2)12-15/h4,11,13-14H,2-3,5-10,12H2,1H3. The average molecular weight is 223 g/mol. The maximum Gasteiger partial charge on any atom is 0.120 e. The van der Waals surface area contributed by atoms with Crippen LogP contribution in [0.1, 0.15) is 39.0 Å². The van der Waals surface area contributed by atoms with Gasteiger partial charge in [-0.3, -0.25) is 0 Å². The normalized spacial score (nSPS) is 26.6. The van der Waals surface area contributed by atoms with Crippen molar-refractivity contribution in [3.05, 3.63) is 12.7 Å². The Morgan fingerprint density at radius 2 is 2.25 bits per heavy atom. The fourth-order valence-corrected chi connectivity index (χ4v) is 2.57. The molecule has 1 aliphatic heterocycles. The minimum Gasteiger partial charge on any atom is -0.303 e. The highest BCUT2D eigenvalue weighted by molar-refractivity contribution is 5.49. The molecule has 1 heterocycles. The summed E-state index contributed by atoms with van der Waals surface area (Å²) in [4.78, 5) is 13.1. The summed E-state index contributed by atoms with van der Waals surface area (Å²) >= 11 is 0. The van der Waals surface area contributed by atoms with Crippen LogP contribution in [0.4, 0.5) is 0 Å². The molecule has 0 spiro atoms. The van der Waals surface area contributed by atoms with Crippen molar-refractivity contribution in [2.75, 3.05) is 19.6 Å². The molecular formula is C14H25NO. The van der Waals surface area contributed by atoms with Crippen molar-refractivity contribution < 1.29 is 4.79 Å². The molecule has 0 bridgehead atoms. The Hall–Kier alpha value is -0.630. The number of hydrogen-bond acceptors (Lipinski definition) is 2. The number of aldehydes is 1. The van der Waals surface area contributed by atoms with Crippen LogP contribution >= 0.6 is 0 Å². The molecule has 0 aromatic heterocycles. The highest BCUT2D eigenvalue weighted by atomic mass is 16.1. The zero-order valence-electron chi connectivity index (χ0n) is 10.5. The van der Waals surface area contributed by atoms with E-state index in [1.54, 1.807) is 0 Å². The first-order valence-electron chi connectivity index (χ1n) is 6.60. The zero-order chi connectivity index (χ0) is 11.8. The fraction of sp³-hybridized carbons (Fsp3) is 0.786. The topological polar surface area (TPSA) is 20.3 Å². The van der Waals surface area contributed by atoms with Crippen LogP contribution in [0.15, 0.2) is 12.7 Å². The third-order valence-corrected chi connectivity index (χ3v) is 3.67. The van der Waals surface area contributed by atoms with Crippen LogP contribution in [-0.4, -0.2) is 30.8 Å². The Kier molecular flexibility index (Phi) is 6.39. The van der Waals surface area contributed by atoms with Crippen molar-refractivity contribution in [3.8, 4) is 0 Å². The molecule has 0 aliphatic carbocycles. The summed E-state index contributed by atoms with van der Waals surface area (Å²) in [6.45, 7) is 9.62. The van der Waals surface area contributed by atoms with E-state index >= 15 is 0 Å². The van der Waals surface area contributed by atoms with Crippen molar-refractivity contribution >= 4 is 6.29 Å². The molecular weight excluding hydrogens is 198 g/mol. The monoisotopic (exact) mass is 223 g/mol. The van der Waals surface area contributed by atoms with E-state index in [1.165, 1.54) is 25.8 Å². The van der Waals surface area contributed by atoms with Crippen LogP contribution in [0, 0.1) is 11.8 Å². The van der Waals surface area contributed by atoms with Crippen LogP contribution in [0.5, 0.6) is 0 Å². The molecule has 1 saturated heterocycles. The van der Waals surface area contributed by atoms with Gasteiger partial charge in [-0.2, -0.15) is 0 Å². The lowest BCUT2D eigenvalue weighted by Crippen LogP contribution is -2.40. The fourth-order valence-electron chi connectivity index (χ4n) is 2.57. The molecule has 0 aromatic rings. The second-order valence-corrected chi connectivity index (χ2v) is 4.86. The maximum atomic E-state index is 10.6. The van der Waals surface area contributed by atoms with Crippen molar-refractivity contribution in [1.82, 2.24) is 4.90 Å². The van der Waals surface area contributed by atoms with E-state index in [0.717, 1.165) is 25.8 Å². The van der Waals surface area contributed by atoms with E-state index in [-0.39, 0.29) is 0 Å². The molecule has 0 amide bonds. The molecule has 1 rings (SSSR count). The van der Waals surface area contributed by atoms with Crippen LogP contribution in [-0.2, 0) is 4.79 Å². The van der Waals surface area contributed by atoms with Crippen molar-refractivity contribution in [2.45, 2.75) is 39.0 Å². The zero-order valence-corrected chi connectivity index (χ0v) is 10.5. The minimum absolute atomic E-state index is 0.514. The smallest absolute Gasteiger partial charge is 0.120 e. The Morgan fingerprint density at radius 1 is 1.44 bits per heavy atom. The molecule has 0 aromatic carbocycles. The van der Waals surface area contributed by atoms with Gasteiger partial charge in [-0.15, -0.1) is 6.58 Å². The van der Waals surface area contributed by atoms with Crippen LogP contribution < -0.4 is 0 Å². The summed E-state index contributed by atoms with van der Waals surface area (Å²) in [6.07, 6.45) is 8.88. The number of hydrogen-bond donors (Lipinski definition) is 0. The van der Waals surface area contributed by atoms with Crippen molar-refractivity contribution in [3.63, 3.8) is 0 Å². The Labute approximate surface area is 99.7 Å². The molecule has 2 atom stereocenters. The first-order chi connectivity index (χ1) is 7.81. The summed E-state index contributed by atoms with van der Waals surface area (Å²) in [7, 11) is 0. The number of carbonyl (C=O) groups excluding carboxylic acids is 1. The highest BCUT2D eigenvalue weighted by Crippen LogP contribution is 2.26. The maximum absolute atomic E-state index is 10.6. The van der Waals surface area contributed by atoms with Crippen LogP contribution in [0.2, 0.25) is 0 Å². The molecule has 2 unspecified atom stereocenters. The lowest BCUT2D eigenvalue weighted by atomic mass is 9.83. The Bertz CT molecular complexity index is 215. The van der Waals surface area contributed by atoms with Gasteiger partial charge in [0.15, 0.2) is 0 Å². The van der Waals surface area contributed by atoms with E-state index in [4.69, 9.17) is 0 Å². The lowest BCUT2D eigenvalue weighted by Gasteiger charge is -2.36. The SMILES string of the molecule is C=CC1CN(CCCCC)CCC1CC=O. The van der Waals surface area contributed by atoms with Crippen LogP contribution in [0.25, 0.3) is 0 Å². The third kappa shape index (κ3) is 4.09. The van der Waals surface area contributed by atoms with Gasteiger partial charge in [0, 0.05) is 13.0 Å². The number of carbonyl (C=O) groups is 1. The van der Waals surface area contributed by atoms with Crippen LogP contribution in [0.3, 0.4) is 0 Å². The number of piperidine rings is 1. The molecule has 0 N–H and O–H groups in total. The molecule has 2 heteroatoms. The van der Waals surface area contributed by atoms with E-state index in [1.807, 2.05) is 6.08 Å². The highest BCUT2D eigenvalue weighted by Gasteiger charge is 2.26. The molecule has 0 saturated carbocycles. The molecule has 2 nitrogen and oxygen atoms in total. The van der Waals surface area contributed by atoms with E-state index in [0.29, 0.717) is 18.3 Å². The number of unbranched alkanes of at least 4 members (excludes halogenated alkanes) is 2. The predicted molar refractivity (Wildman–Crippen MR) is 68.4 cm³/mol. The first-order valence-corrected chi connectivity index (χ1v) is 6.60. The van der Waals surface area contributed by atoms with Gasteiger partial charge in [0.1, 0.15) is 6.29 Å². The largest absolute Gasteiger partial charge is 0.303 e. The number of likely N-dealkylation sites (tertiary alicyclic amines) is 1. The van der Waals surface area contributed by atoms with Gasteiger partial charge in [-0.05, 0) is 37.8 Å². The number of nitrogens with zero attached hydrogens (tertiary/aromatic N) is 1. The number of rotatable bonds is 7. The molecule has 1 fully saturated rings. The third-order valence-electron chi connectivity index (χ3n) is 3.67. The lowest BCUT2D eigenvalue weighted by molar-refractivity contribution is -0.109. The van der Waals surface area contributed by atoms with Gasteiger partial charge in [0.2, 0.25) is 0 Å². The van der Waals surface area contributed by atoms with Gasteiger partial charge < -0.3 is 9.69 Å². The molecule has 0 radical (unpaired) electrons. The average Bonchev–Trinajstić information content (AvgIpc) is 2.31. The first kappa shape index (κ1) is 13.4. The summed E-state index contributed by atoms with van der Waals surface area (Å²) < 4.78 is 0. The van der Waals surface area contributed by atoms with Gasteiger partial charge >= 0.3 is 0 Å². The van der Waals surface area contributed by atoms with Gasteiger partial charge in [0.05, 0.1) is 0 Å². The summed E-state index contributed by atoms with van der Waals surface area (Å²) in [6, 6.07) is 0. The molecule has 1 aliphatic rings.